The molecule has 3 nitrogen and oxygen atoms in total. The number of hydrogen-bond acceptors (Lipinski definition) is 2. The molecular weight excluding hydrogens is 228 g/mol. The number of amides is 1. The van der Waals surface area contributed by atoms with Gasteiger partial charge in [0.2, 0.25) is 5.91 Å². The number of halogens is 2. The molecule has 17 heavy (non-hydrogen) atoms. The number of ketones is 1. The first-order valence-electron chi connectivity index (χ1n) is 5.17. The van der Waals surface area contributed by atoms with E-state index < -0.39 is 17.4 Å². The molecular formula is C12H13F2NO2. The zero-order chi connectivity index (χ0) is 13.0. The Balaban J connectivity index is 2.70. The van der Waals surface area contributed by atoms with Gasteiger partial charge in [-0.15, -0.1) is 0 Å². The van der Waals surface area contributed by atoms with E-state index >= 15 is 0 Å². The van der Waals surface area contributed by atoms with Crippen LogP contribution < -0.4 is 5.32 Å². The molecule has 1 aromatic rings. The van der Waals surface area contributed by atoms with Gasteiger partial charge in [0.05, 0.1) is 12.1 Å². The van der Waals surface area contributed by atoms with Gasteiger partial charge < -0.3 is 5.32 Å². The highest BCUT2D eigenvalue weighted by Crippen LogP contribution is 2.10. The van der Waals surface area contributed by atoms with E-state index in [1.165, 1.54) is 0 Å². The molecule has 0 fully saturated rings. The molecule has 0 saturated heterocycles. The Morgan fingerprint density at radius 2 is 1.94 bits per heavy atom. The van der Waals surface area contributed by atoms with Gasteiger partial charge in [0.25, 0.3) is 0 Å². The number of hydrogen-bond donors (Lipinski definition) is 1. The summed E-state index contributed by atoms with van der Waals surface area (Å²) in [6.07, 6.45) is 0. The number of carbonyl (C=O) groups excluding carboxylic acids is 2. The topological polar surface area (TPSA) is 46.2 Å². The summed E-state index contributed by atoms with van der Waals surface area (Å²) in [4.78, 5) is 22.7. The minimum atomic E-state index is -0.796. The number of benzene rings is 1. The molecule has 0 aromatic heterocycles. The fourth-order valence-corrected chi connectivity index (χ4v) is 1.18. The third-order valence-corrected chi connectivity index (χ3v) is 2.18. The Hall–Kier alpha value is -1.78. The molecule has 0 spiro atoms. The predicted octanol–water partition coefficient (Wildman–Crippen LogP) is 1.92. The van der Waals surface area contributed by atoms with Crippen LogP contribution in [0.1, 0.15) is 24.2 Å². The monoisotopic (exact) mass is 241 g/mol. The molecule has 0 unspecified atom stereocenters. The molecule has 0 aliphatic carbocycles. The highest BCUT2D eigenvalue weighted by Gasteiger charge is 2.14. The first kappa shape index (κ1) is 13.3. The lowest BCUT2D eigenvalue weighted by Gasteiger charge is -2.07. The smallest absolute Gasteiger partial charge is 0.222 e. The summed E-state index contributed by atoms with van der Waals surface area (Å²) in [6.45, 7) is 3.00. The van der Waals surface area contributed by atoms with E-state index in [0.717, 1.165) is 18.2 Å². The summed E-state index contributed by atoms with van der Waals surface area (Å²) in [5.41, 5.74) is -0.353. The molecule has 92 valence electrons. The van der Waals surface area contributed by atoms with Crippen LogP contribution >= 0.6 is 0 Å². The van der Waals surface area contributed by atoms with E-state index in [4.69, 9.17) is 0 Å². The SMILES string of the molecule is CC(C)C(=O)NCC(=O)c1cc(F)ccc1F. The first-order valence-corrected chi connectivity index (χ1v) is 5.17. The van der Waals surface area contributed by atoms with Gasteiger partial charge in [-0.25, -0.2) is 8.78 Å². The Bertz CT molecular complexity index is 444. The average molecular weight is 241 g/mol. The van der Waals surface area contributed by atoms with Crippen LogP contribution in [-0.2, 0) is 4.79 Å². The molecule has 1 amide bonds. The van der Waals surface area contributed by atoms with E-state index in [2.05, 4.69) is 5.32 Å². The van der Waals surface area contributed by atoms with Crippen molar-refractivity contribution < 1.29 is 18.4 Å². The summed E-state index contributed by atoms with van der Waals surface area (Å²) in [5.74, 6) is -2.72. The summed E-state index contributed by atoms with van der Waals surface area (Å²) < 4.78 is 26.0. The van der Waals surface area contributed by atoms with E-state index in [-0.39, 0.29) is 23.9 Å². The lowest BCUT2D eigenvalue weighted by atomic mass is 10.1. The van der Waals surface area contributed by atoms with E-state index in [0.29, 0.717) is 0 Å². The fourth-order valence-electron chi connectivity index (χ4n) is 1.18. The molecule has 0 bridgehead atoms. The largest absolute Gasteiger partial charge is 0.348 e. The van der Waals surface area contributed by atoms with E-state index in [9.17, 15) is 18.4 Å². The van der Waals surface area contributed by atoms with Crippen molar-refractivity contribution in [1.29, 1.82) is 0 Å². The standard InChI is InChI=1S/C12H13F2NO2/c1-7(2)12(17)15-6-11(16)9-5-8(13)3-4-10(9)14/h3-5,7H,6H2,1-2H3,(H,15,17). The molecule has 5 heteroatoms. The van der Waals surface area contributed by atoms with Crippen LogP contribution in [0.3, 0.4) is 0 Å². The zero-order valence-corrected chi connectivity index (χ0v) is 9.59. The summed E-state index contributed by atoms with van der Waals surface area (Å²) in [7, 11) is 0. The van der Waals surface area contributed by atoms with Crippen molar-refractivity contribution in [2.75, 3.05) is 6.54 Å². The maximum atomic E-state index is 13.2. The number of carbonyl (C=O) groups is 2. The molecule has 0 radical (unpaired) electrons. The predicted molar refractivity (Wildman–Crippen MR) is 58.5 cm³/mol. The maximum absolute atomic E-state index is 13.2. The Labute approximate surface area is 97.8 Å². The van der Waals surface area contributed by atoms with Crippen LogP contribution in [0.4, 0.5) is 8.78 Å². The Morgan fingerprint density at radius 3 is 2.53 bits per heavy atom. The van der Waals surface area contributed by atoms with Crippen molar-refractivity contribution in [3.63, 3.8) is 0 Å². The van der Waals surface area contributed by atoms with Crippen molar-refractivity contribution in [1.82, 2.24) is 5.32 Å². The van der Waals surface area contributed by atoms with Crippen LogP contribution in [0.25, 0.3) is 0 Å². The lowest BCUT2D eigenvalue weighted by Crippen LogP contribution is -2.32. The van der Waals surface area contributed by atoms with Gasteiger partial charge in [0.15, 0.2) is 5.78 Å². The normalized spacial score (nSPS) is 10.4. The number of rotatable bonds is 4. The average Bonchev–Trinajstić information content (AvgIpc) is 2.28. The van der Waals surface area contributed by atoms with Gasteiger partial charge in [-0.05, 0) is 18.2 Å². The van der Waals surface area contributed by atoms with E-state index in [1.54, 1.807) is 13.8 Å². The highest BCUT2D eigenvalue weighted by atomic mass is 19.1. The first-order chi connectivity index (χ1) is 7.91. The third-order valence-electron chi connectivity index (χ3n) is 2.18. The zero-order valence-electron chi connectivity index (χ0n) is 9.59. The van der Waals surface area contributed by atoms with Crippen molar-refractivity contribution >= 4 is 11.7 Å². The second-order valence-corrected chi connectivity index (χ2v) is 3.92. The second-order valence-electron chi connectivity index (χ2n) is 3.92. The van der Waals surface area contributed by atoms with Crippen LogP contribution in [0.2, 0.25) is 0 Å². The molecule has 1 N–H and O–H groups in total. The minimum Gasteiger partial charge on any atom is -0.348 e. The quantitative estimate of drug-likeness (QED) is 0.818. The summed E-state index contributed by atoms with van der Waals surface area (Å²) in [5, 5.41) is 2.35. The van der Waals surface area contributed by atoms with Crippen LogP contribution in [-0.4, -0.2) is 18.2 Å². The van der Waals surface area contributed by atoms with E-state index in [1.807, 2.05) is 0 Å². The van der Waals surface area contributed by atoms with Crippen LogP contribution in [0, 0.1) is 17.6 Å². The molecule has 0 heterocycles. The van der Waals surface area contributed by atoms with Gasteiger partial charge in [-0.2, -0.15) is 0 Å². The Morgan fingerprint density at radius 1 is 1.29 bits per heavy atom. The molecule has 0 saturated carbocycles. The second kappa shape index (κ2) is 5.52. The molecule has 0 atom stereocenters. The summed E-state index contributed by atoms with van der Waals surface area (Å²) in [6, 6.07) is 2.63. The number of nitrogens with one attached hydrogen (secondary N) is 1. The van der Waals surface area contributed by atoms with Crippen molar-refractivity contribution in [2.24, 2.45) is 5.92 Å². The van der Waals surface area contributed by atoms with Gasteiger partial charge >= 0.3 is 0 Å². The van der Waals surface area contributed by atoms with Crippen LogP contribution in [0.5, 0.6) is 0 Å². The lowest BCUT2D eigenvalue weighted by molar-refractivity contribution is -0.123. The summed E-state index contributed by atoms with van der Waals surface area (Å²) >= 11 is 0. The fraction of sp³-hybridized carbons (Fsp3) is 0.333. The van der Waals surface area contributed by atoms with Gasteiger partial charge in [0.1, 0.15) is 11.6 Å². The minimum absolute atomic E-state index is 0.264. The molecule has 0 aliphatic rings. The number of Topliss-reactive ketones (excluding diaryl/α,β-unsaturated/α-hetero) is 1. The van der Waals surface area contributed by atoms with Crippen molar-refractivity contribution in [3.8, 4) is 0 Å². The van der Waals surface area contributed by atoms with Gasteiger partial charge in [-0.1, -0.05) is 13.8 Å². The van der Waals surface area contributed by atoms with Crippen LogP contribution in [0.15, 0.2) is 18.2 Å². The molecule has 1 aromatic carbocycles. The third kappa shape index (κ3) is 3.62. The van der Waals surface area contributed by atoms with Crippen molar-refractivity contribution in [3.05, 3.63) is 35.4 Å². The van der Waals surface area contributed by atoms with Gasteiger partial charge in [-0.3, -0.25) is 9.59 Å². The maximum Gasteiger partial charge on any atom is 0.222 e. The van der Waals surface area contributed by atoms with Crippen molar-refractivity contribution in [2.45, 2.75) is 13.8 Å². The highest BCUT2D eigenvalue weighted by molar-refractivity contribution is 5.99. The molecule has 0 aliphatic heterocycles. The van der Waals surface area contributed by atoms with Gasteiger partial charge in [0, 0.05) is 5.92 Å². The molecule has 1 rings (SSSR count). The Kier molecular flexibility index (Phi) is 4.31.